The van der Waals surface area contributed by atoms with Crippen molar-refractivity contribution in [3.05, 3.63) is 17.7 Å². The highest BCUT2D eigenvalue weighted by molar-refractivity contribution is 5.79. The summed E-state index contributed by atoms with van der Waals surface area (Å²) < 4.78 is 2.34. The predicted molar refractivity (Wildman–Crippen MR) is 78.5 cm³/mol. The van der Waals surface area contributed by atoms with Crippen LogP contribution in [0.4, 0.5) is 0 Å². The van der Waals surface area contributed by atoms with Crippen molar-refractivity contribution in [1.29, 1.82) is 0 Å². The van der Waals surface area contributed by atoms with Crippen molar-refractivity contribution in [2.75, 3.05) is 13.1 Å². The standard InChI is InChI=1S/C16H25N3O/c1-12-11-17-13(2)19(12)15-7-9-18(10-8-15)16(20)14-5-3-4-6-14/h11,14-15H,3-10H2,1-2H3. The van der Waals surface area contributed by atoms with E-state index in [1.54, 1.807) is 0 Å². The van der Waals surface area contributed by atoms with E-state index in [4.69, 9.17) is 0 Å². The molecule has 4 nitrogen and oxygen atoms in total. The third-order valence-corrected chi connectivity index (χ3v) is 5.01. The van der Waals surface area contributed by atoms with Gasteiger partial charge >= 0.3 is 0 Å². The van der Waals surface area contributed by atoms with Gasteiger partial charge in [0.05, 0.1) is 0 Å². The molecule has 2 heterocycles. The molecule has 1 amide bonds. The molecule has 2 fully saturated rings. The topological polar surface area (TPSA) is 38.1 Å². The quantitative estimate of drug-likeness (QED) is 0.832. The van der Waals surface area contributed by atoms with Gasteiger partial charge in [-0.1, -0.05) is 12.8 Å². The van der Waals surface area contributed by atoms with Crippen LogP contribution < -0.4 is 0 Å². The van der Waals surface area contributed by atoms with Gasteiger partial charge in [0.1, 0.15) is 5.82 Å². The van der Waals surface area contributed by atoms with Crippen LogP contribution in [0.1, 0.15) is 56.1 Å². The maximum Gasteiger partial charge on any atom is 0.225 e. The number of carbonyl (C=O) groups is 1. The first-order valence-electron chi connectivity index (χ1n) is 7.96. The number of amides is 1. The monoisotopic (exact) mass is 275 g/mol. The number of nitrogens with zero attached hydrogens (tertiary/aromatic N) is 3. The van der Waals surface area contributed by atoms with Gasteiger partial charge in [0.15, 0.2) is 0 Å². The van der Waals surface area contributed by atoms with E-state index in [1.165, 1.54) is 18.5 Å². The van der Waals surface area contributed by atoms with E-state index in [9.17, 15) is 4.79 Å². The van der Waals surface area contributed by atoms with E-state index in [0.29, 0.717) is 17.9 Å². The molecule has 1 aliphatic carbocycles. The number of piperidine rings is 1. The fraction of sp³-hybridized carbons (Fsp3) is 0.750. The predicted octanol–water partition coefficient (Wildman–Crippen LogP) is 2.85. The second-order valence-corrected chi connectivity index (χ2v) is 6.35. The van der Waals surface area contributed by atoms with E-state index in [-0.39, 0.29) is 0 Å². The molecule has 0 radical (unpaired) electrons. The molecule has 2 aliphatic rings. The number of rotatable bonds is 2. The van der Waals surface area contributed by atoms with Crippen LogP contribution >= 0.6 is 0 Å². The summed E-state index contributed by atoms with van der Waals surface area (Å²) in [5.74, 6) is 1.84. The fourth-order valence-electron chi connectivity index (χ4n) is 3.89. The normalized spacial score (nSPS) is 21.6. The molecular formula is C16H25N3O. The number of hydrogen-bond acceptors (Lipinski definition) is 2. The summed E-state index contributed by atoms with van der Waals surface area (Å²) in [7, 11) is 0. The van der Waals surface area contributed by atoms with Gasteiger partial charge in [-0.25, -0.2) is 4.98 Å². The van der Waals surface area contributed by atoms with Gasteiger partial charge in [-0.2, -0.15) is 0 Å². The number of imidazole rings is 1. The Morgan fingerprint density at radius 1 is 1.15 bits per heavy atom. The first-order chi connectivity index (χ1) is 9.66. The minimum atomic E-state index is 0.322. The minimum Gasteiger partial charge on any atom is -0.342 e. The highest BCUT2D eigenvalue weighted by Crippen LogP contribution is 2.30. The average Bonchev–Trinajstić information content (AvgIpc) is 3.09. The third kappa shape index (κ3) is 2.48. The SMILES string of the molecule is Cc1cnc(C)n1C1CCN(C(=O)C2CCCC2)CC1. The van der Waals surface area contributed by atoms with Crippen LogP contribution in [0.5, 0.6) is 0 Å². The smallest absolute Gasteiger partial charge is 0.225 e. The summed E-state index contributed by atoms with van der Waals surface area (Å²) in [4.78, 5) is 18.9. The molecule has 1 aromatic rings. The van der Waals surface area contributed by atoms with Gasteiger partial charge in [0.25, 0.3) is 0 Å². The summed E-state index contributed by atoms with van der Waals surface area (Å²) in [6.07, 6.45) is 8.77. The summed E-state index contributed by atoms with van der Waals surface area (Å²) in [5, 5.41) is 0. The fourth-order valence-corrected chi connectivity index (χ4v) is 3.89. The highest BCUT2D eigenvalue weighted by atomic mass is 16.2. The van der Waals surface area contributed by atoms with Gasteiger partial charge < -0.3 is 9.47 Å². The first kappa shape index (κ1) is 13.7. The maximum absolute atomic E-state index is 12.4. The molecule has 1 saturated heterocycles. The van der Waals surface area contributed by atoms with Crippen LogP contribution in [0.2, 0.25) is 0 Å². The molecule has 0 atom stereocenters. The first-order valence-corrected chi connectivity index (χ1v) is 7.96. The van der Waals surface area contributed by atoms with Crippen molar-refractivity contribution in [2.24, 2.45) is 5.92 Å². The average molecular weight is 275 g/mol. The number of carbonyl (C=O) groups excluding carboxylic acids is 1. The Balaban J connectivity index is 1.61. The van der Waals surface area contributed by atoms with Crippen molar-refractivity contribution in [3.63, 3.8) is 0 Å². The molecule has 20 heavy (non-hydrogen) atoms. The van der Waals surface area contributed by atoms with Gasteiger partial charge in [-0.15, -0.1) is 0 Å². The highest BCUT2D eigenvalue weighted by Gasteiger charge is 2.30. The van der Waals surface area contributed by atoms with Gasteiger partial charge in [0.2, 0.25) is 5.91 Å². The van der Waals surface area contributed by atoms with E-state index in [1.807, 2.05) is 6.20 Å². The number of likely N-dealkylation sites (tertiary alicyclic amines) is 1. The van der Waals surface area contributed by atoms with Crippen LogP contribution in [0.3, 0.4) is 0 Å². The Bertz CT molecular complexity index is 460. The molecule has 0 bridgehead atoms. The molecule has 1 aromatic heterocycles. The molecule has 0 aromatic carbocycles. The molecule has 0 N–H and O–H groups in total. The Morgan fingerprint density at radius 3 is 2.35 bits per heavy atom. The Morgan fingerprint density at radius 2 is 1.80 bits per heavy atom. The zero-order valence-corrected chi connectivity index (χ0v) is 12.6. The van der Waals surface area contributed by atoms with Crippen LogP contribution in [-0.4, -0.2) is 33.4 Å². The van der Waals surface area contributed by atoms with Crippen molar-refractivity contribution in [3.8, 4) is 0 Å². The lowest BCUT2D eigenvalue weighted by atomic mass is 10.0. The number of aromatic nitrogens is 2. The molecule has 0 spiro atoms. The third-order valence-electron chi connectivity index (χ3n) is 5.01. The molecule has 0 unspecified atom stereocenters. The summed E-state index contributed by atoms with van der Waals surface area (Å²) >= 11 is 0. The van der Waals surface area contributed by atoms with E-state index < -0.39 is 0 Å². The molecule has 1 saturated carbocycles. The van der Waals surface area contributed by atoms with Crippen LogP contribution in [0.15, 0.2) is 6.20 Å². The molecular weight excluding hydrogens is 250 g/mol. The van der Waals surface area contributed by atoms with E-state index in [0.717, 1.165) is 44.6 Å². The molecule has 110 valence electrons. The minimum absolute atomic E-state index is 0.322. The largest absolute Gasteiger partial charge is 0.342 e. The summed E-state index contributed by atoms with van der Waals surface area (Å²) in [6.45, 7) is 6.02. The Hall–Kier alpha value is -1.32. The summed E-state index contributed by atoms with van der Waals surface area (Å²) in [6, 6.07) is 0.519. The zero-order valence-electron chi connectivity index (χ0n) is 12.6. The van der Waals surface area contributed by atoms with Crippen molar-refractivity contribution < 1.29 is 4.79 Å². The number of aryl methyl sites for hydroxylation is 2. The van der Waals surface area contributed by atoms with E-state index >= 15 is 0 Å². The van der Waals surface area contributed by atoms with Gasteiger partial charge in [-0.3, -0.25) is 4.79 Å². The van der Waals surface area contributed by atoms with Crippen LogP contribution in [0.25, 0.3) is 0 Å². The van der Waals surface area contributed by atoms with Crippen molar-refractivity contribution in [1.82, 2.24) is 14.5 Å². The van der Waals surface area contributed by atoms with Crippen LogP contribution in [0, 0.1) is 19.8 Å². The van der Waals surface area contributed by atoms with Gasteiger partial charge in [0, 0.05) is 36.9 Å². The number of hydrogen-bond donors (Lipinski definition) is 0. The molecule has 4 heteroatoms. The lowest BCUT2D eigenvalue weighted by molar-refractivity contribution is -0.136. The van der Waals surface area contributed by atoms with Crippen molar-refractivity contribution in [2.45, 2.75) is 58.4 Å². The summed E-state index contributed by atoms with van der Waals surface area (Å²) in [5.41, 5.74) is 1.24. The second-order valence-electron chi connectivity index (χ2n) is 6.35. The van der Waals surface area contributed by atoms with Crippen LogP contribution in [-0.2, 0) is 4.79 Å². The van der Waals surface area contributed by atoms with E-state index in [2.05, 4.69) is 28.3 Å². The molecule has 1 aliphatic heterocycles. The second kappa shape index (κ2) is 5.58. The maximum atomic E-state index is 12.4. The zero-order chi connectivity index (χ0) is 14.1. The van der Waals surface area contributed by atoms with Crippen molar-refractivity contribution >= 4 is 5.91 Å². The lowest BCUT2D eigenvalue weighted by Crippen LogP contribution is -2.41. The Kier molecular flexibility index (Phi) is 3.81. The van der Waals surface area contributed by atoms with Gasteiger partial charge in [-0.05, 0) is 39.5 Å². The molecule has 3 rings (SSSR count). The Labute approximate surface area is 121 Å². The lowest BCUT2D eigenvalue weighted by Gasteiger charge is -2.35.